The fraction of sp³-hybridized carbons (Fsp3) is 0.560. The first kappa shape index (κ1) is 26.4. The Hall–Kier alpha value is -2.66. The van der Waals surface area contributed by atoms with E-state index in [1.54, 1.807) is 0 Å². The van der Waals surface area contributed by atoms with Crippen LogP contribution in [0.15, 0.2) is 40.8 Å². The number of carbonyl (C=O) groups excluding carboxylic acids is 2. The van der Waals surface area contributed by atoms with Gasteiger partial charge in [-0.1, -0.05) is 30.7 Å². The van der Waals surface area contributed by atoms with Crippen molar-refractivity contribution < 1.29 is 14.3 Å². The van der Waals surface area contributed by atoms with Gasteiger partial charge in [-0.3, -0.25) is 19.5 Å². The number of ether oxygens (including phenoxy) is 1. The maximum atomic E-state index is 11.6. The fourth-order valence-corrected chi connectivity index (χ4v) is 5.71. The van der Waals surface area contributed by atoms with Crippen LogP contribution in [0.4, 0.5) is 0 Å². The van der Waals surface area contributed by atoms with Gasteiger partial charge in [0.25, 0.3) is 5.91 Å². The zero-order valence-electron chi connectivity index (χ0n) is 21.0. The van der Waals surface area contributed by atoms with Gasteiger partial charge in [-0.2, -0.15) is 0 Å². The zero-order valence-corrected chi connectivity index (χ0v) is 21.7. The maximum Gasteiger partial charge on any atom is 0.337 e. The minimum absolute atomic E-state index is 0.0203. The molecule has 2 atom stereocenters. The molecule has 4 rings (SSSR count). The highest BCUT2D eigenvalue weighted by Crippen LogP contribution is 2.26. The Bertz CT molecular complexity index is 1020. The third kappa shape index (κ3) is 5.83. The van der Waals surface area contributed by atoms with Crippen LogP contribution in [0.2, 0.25) is 0 Å². The lowest BCUT2D eigenvalue weighted by Gasteiger charge is -2.49. The number of nitrogens with two attached hydrogens (primary N) is 2. The number of hydrogen-bond donors (Lipinski definition) is 3. The first-order chi connectivity index (χ1) is 17.3. The van der Waals surface area contributed by atoms with Crippen molar-refractivity contribution in [1.82, 2.24) is 20.0 Å². The molecular weight excluding hydrogens is 482 g/mol. The Morgan fingerprint density at radius 2 is 1.86 bits per heavy atom. The molecule has 0 bridgehead atoms. The van der Waals surface area contributed by atoms with Crippen LogP contribution in [0.5, 0.6) is 0 Å². The molecule has 1 aromatic rings. The number of esters is 1. The molecule has 1 aromatic carbocycles. The number of nitrogens with zero attached hydrogens (tertiary/aromatic N) is 4. The van der Waals surface area contributed by atoms with Gasteiger partial charge in [0, 0.05) is 38.3 Å². The molecule has 2 saturated heterocycles. The molecule has 2 fully saturated rings. The summed E-state index contributed by atoms with van der Waals surface area (Å²) in [6, 6.07) is 8.62. The highest BCUT2D eigenvalue weighted by atomic mass is 35.5. The van der Waals surface area contributed by atoms with E-state index in [1.165, 1.54) is 12.7 Å². The van der Waals surface area contributed by atoms with Gasteiger partial charge >= 0.3 is 5.97 Å². The summed E-state index contributed by atoms with van der Waals surface area (Å²) in [4.78, 5) is 34.7. The van der Waals surface area contributed by atoms with Crippen molar-refractivity contribution in [2.24, 2.45) is 16.5 Å². The normalized spacial score (nSPS) is 24.8. The van der Waals surface area contributed by atoms with E-state index in [2.05, 4.69) is 31.9 Å². The lowest BCUT2D eigenvalue weighted by Crippen LogP contribution is -2.63. The van der Waals surface area contributed by atoms with Crippen molar-refractivity contribution in [3.63, 3.8) is 0 Å². The van der Waals surface area contributed by atoms with Crippen molar-refractivity contribution >= 4 is 28.6 Å². The molecular formula is C25H36ClN7O3. The number of nitrogens with one attached hydrogen (secondary N) is 1. The molecule has 1 unspecified atom stereocenters. The van der Waals surface area contributed by atoms with Gasteiger partial charge in [0.05, 0.1) is 12.7 Å². The van der Waals surface area contributed by atoms with Crippen molar-refractivity contribution in [2.75, 3.05) is 39.8 Å². The SMILES string of the molecule is CC[C@H]1CN(C2NC(N)=C(C(N)=O)N=C2Cl)CCN1C1CCN(Cc2ccc(C(=O)OC)cc2)CC1. The minimum atomic E-state index is -0.697. The van der Waals surface area contributed by atoms with E-state index in [0.29, 0.717) is 17.6 Å². The summed E-state index contributed by atoms with van der Waals surface area (Å²) in [5, 5.41) is 3.40. The summed E-state index contributed by atoms with van der Waals surface area (Å²) in [5.41, 5.74) is 13.1. The zero-order chi connectivity index (χ0) is 25.8. The third-order valence-corrected chi connectivity index (χ3v) is 7.72. The molecule has 196 valence electrons. The molecule has 3 aliphatic heterocycles. The number of hydrogen-bond acceptors (Lipinski definition) is 9. The summed E-state index contributed by atoms with van der Waals surface area (Å²) >= 11 is 6.42. The summed E-state index contributed by atoms with van der Waals surface area (Å²) in [5.74, 6) is -0.839. The second-order valence-corrected chi connectivity index (χ2v) is 9.99. The van der Waals surface area contributed by atoms with Crippen LogP contribution in [0, 0.1) is 0 Å². The maximum absolute atomic E-state index is 11.6. The van der Waals surface area contributed by atoms with E-state index in [1.807, 2.05) is 24.3 Å². The highest BCUT2D eigenvalue weighted by molar-refractivity contribution is 6.67. The van der Waals surface area contributed by atoms with Gasteiger partial charge in [-0.15, -0.1) is 0 Å². The lowest BCUT2D eigenvalue weighted by molar-refractivity contribution is -0.114. The Balaban J connectivity index is 1.30. The first-order valence-electron chi connectivity index (χ1n) is 12.5. The standard InChI is InChI=1S/C25H36ClN7O3/c1-3-18-15-32(24-21(26)29-20(23(28)34)22(27)30-24)12-13-33(18)19-8-10-31(11-9-19)14-16-4-6-17(7-5-16)25(35)36-2/h4-7,18-19,24,30H,3,8-15,27H2,1-2H3,(H2,28,34)/t18-,24?/m0/s1. The monoisotopic (exact) mass is 517 g/mol. The predicted octanol–water partition coefficient (Wildman–Crippen LogP) is 1.01. The van der Waals surface area contributed by atoms with Crippen LogP contribution in [-0.4, -0.2) is 89.8 Å². The van der Waals surface area contributed by atoms with Crippen LogP contribution >= 0.6 is 11.6 Å². The largest absolute Gasteiger partial charge is 0.465 e. The van der Waals surface area contributed by atoms with Crippen LogP contribution in [0.1, 0.15) is 42.1 Å². The summed E-state index contributed by atoms with van der Waals surface area (Å²) in [6.07, 6.45) is 2.93. The lowest BCUT2D eigenvalue weighted by atomic mass is 9.97. The molecule has 36 heavy (non-hydrogen) atoms. The van der Waals surface area contributed by atoms with Gasteiger partial charge in [0.1, 0.15) is 17.2 Å². The van der Waals surface area contributed by atoms with Crippen LogP contribution in [-0.2, 0) is 16.1 Å². The summed E-state index contributed by atoms with van der Waals surface area (Å²) < 4.78 is 4.78. The molecule has 3 heterocycles. The number of methoxy groups -OCH3 is 1. The van der Waals surface area contributed by atoms with E-state index < -0.39 is 5.91 Å². The number of halogens is 1. The molecule has 1 amide bonds. The fourth-order valence-electron chi connectivity index (χ4n) is 5.44. The average molecular weight is 518 g/mol. The Labute approximate surface area is 217 Å². The minimum Gasteiger partial charge on any atom is -0.465 e. The molecule has 0 radical (unpaired) electrons. The molecule has 11 heteroatoms. The van der Waals surface area contributed by atoms with Gasteiger partial charge in [0.15, 0.2) is 5.70 Å². The van der Waals surface area contributed by atoms with Gasteiger partial charge < -0.3 is 21.5 Å². The average Bonchev–Trinajstić information content (AvgIpc) is 2.89. The third-order valence-electron chi connectivity index (χ3n) is 7.43. The molecule has 5 N–H and O–H groups in total. The van der Waals surface area contributed by atoms with Crippen LogP contribution in [0.25, 0.3) is 0 Å². The van der Waals surface area contributed by atoms with Crippen molar-refractivity contribution in [3.8, 4) is 0 Å². The molecule has 0 saturated carbocycles. The summed E-state index contributed by atoms with van der Waals surface area (Å²) in [7, 11) is 1.40. The predicted molar refractivity (Wildman–Crippen MR) is 139 cm³/mol. The van der Waals surface area contributed by atoms with Crippen LogP contribution < -0.4 is 16.8 Å². The van der Waals surface area contributed by atoms with E-state index in [4.69, 9.17) is 27.8 Å². The number of primary amides is 1. The number of rotatable bonds is 7. The second kappa shape index (κ2) is 11.6. The number of piperazine rings is 1. The number of likely N-dealkylation sites (tertiary alicyclic amines) is 1. The van der Waals surface area contributed by atoms with E-state index >= 15 is 0 Å². The quantitative estimate of drug-likeness (QED) is 0.457. The number of aliphatic imine (C=N–C) groups is 1. The first-order valence-corrected chi connectivity index (χ1v) is 12.9. The Kier molecular flexibility index (Phi) is 8.50. The van der Waals surface area contributed by atoms with E-state index in [-0.39, 0.29) is 28.8 Å². The molecule has 3 aliphatic rings. The van der Waals surface area contributed by atoms with Crippen molar-refractivity contribution in [2.45, 2.75) is 51.0 Å². The number of amides is 1. The molecule has 0 aliphatic carbocycles. The van der Waals surface area contributed by atoms with Crippen LogP contribution in [0.3, 0.4) is 0 Å². The molecule has 0 aromatic heterocycles. The van der Waals surface area contributed by atoms with Crippen molar-refractivity contribution in [3.05, 3.63) is 46.9 Å². The summed E-state index contributed by atoms with van der Waals surface area (Å²) in [6.45, 7) is 7.79. The molecule has 10 nitrogen and oxygen atoms in total. The highest BCUT2D eigenvalue weighted by Gasteiger charge is 2.37. The number of piperidine rings is 1. The topological polar surface area (TPSA) is 130 Å². The number of benzene rings is 1. The van der Waals surface area contributed by atoms with E-state index in [9.17, 15) is 9.59 Å². The van der Waals surface area contributed by atoms with E-state index in [0.717, 1.165) is 58.5 Å². The van der Waals surface area contributed by atoms with Crippen molar-refractivity contribution in [1.29, 1.82) is 0 Å². The molecule has 0 spiro atoms. The van der Waals surface area contributed by atoms with Gasteiger partial charge in [-0.25, -0.2) is 9.79 Å². The second-order valence-electron chi connectivity index (χ2n) is 9.60. The number of carbonyl (C=O) groups is 2. The smallest absolute Gasteiger partial charge is 0.337 e. The van der Waals surface area contributed by atoms with Gasteiger partial charge in [0.2, 0.25) is 0 Å². The van der Waals surface area contributed by atoms with Gasteiger partial charge in [-0.05, 0) is 50.0 Å². The Morgan fingerprint density at radius 3 is 2.47 bits per heavy atom. The Morgan fingerprint density at radius 1 is 1.17 bits per heavy atom.